The lowest BCUT2D eigenvalue weighted by atomic mass is 9.78. The van der Waals surface area contributed by atoms with E-state index in [0.29, 0.717) is 36.3 Å². The summed E-state index contributed by atoms with van der Waals surface area (Å²) in [6.07, 6.45) is 10.7. The summed E-state index contributed by atoms with van der Waals surface area (Å²) in [5.41, 5.74) is 0. The number of carboxylic acid groups (broad SMARTS) is 1. The molecule has 0 aromatic carbocycles. The van der Waals surface area contributed by atoms with Crippen LogP contribution in [0.2, 0.25) is 0 Å². The highest BCUT2D eigenvalue weighted by molar-refractivity contribution is 7.98. The smallest absolute Gasteiger partial charge is 0.303 e. The number of rotatable bonds is 8. The second kappa shape index (κ2) is 6.08. The molecule has 3 aliphatic rings. The molecule has 0 radical (unpaired) electrons. The minimum absolute atomic E-state index is 0.258. The molecule has 20 heavy (non-hydrogen) atoms. The molecule has 1 N–H and O–H groups in total. The molecule has 3 rings (SSSR count). The van der Waals surface area contributed by atoms with Crippen LogP contribution in [0.5, 0.6) is 0 Å². The fraction of sp³-hybridized carbons (Fsp3) is 0.800. The molecule has 3 saturated heterocycles. The number of hydrogen-bond acceptors (Lipinski definition) is 4. The van der Waals surface area contributed by atoms with E-state index >= 15 is 0 Å². The highest BCUT2D eigenvalue weighted by atomic mass is 32.2. The molecule has 2 bridgehead atoms. The first-order valence-corrected chi connectivity index (χ1v) is 8.78. The zero-order chi connectivity index (χ0) is 14.1. The fourth-order valence-electron chi connectivity index (χ4n) is 3.64. The van der Waals surface area contributed by atoms with Crippen molar-refractivity contribution in [2.75, 3.05) is 12.0 Å². The van der Waals surface area contributed by atoms with Gasteiger partial charge in [0.1, 0.15) is 12.2 Å². The van der Waals surface area contributed by atoms with Gasteiger partial charge < -0.3 is 14.6 Å². The predicted molar refractivity (Wildman–Crippen MR) is 77.9 cm³/mol. The first-order valence-electron chi connectivity index (χ1n) is 7.39. The topological polar surface area (TPSA) is 59.1 Å². The van der Waals surface area contributed by atoms with E-state index in [1.807, 2.05) is 11.8 Å². The van der Waals surface area contributed by atoms with Crippen molar-refractivity contribution < 1.29 is 19.4 Å². The number of thioether (sulfide) groups is 1. The lowest BCUT2D eigenvalue weighted by Gasteiger charge is -2.24. The molecule has 112 valence electrons. The summed E-state index contributed by atoms with van der Waals surface area (Å²) in [4.78, 5) is 10.4. The molecule has 0 aromatic rings. The van der Waals surface area contributed by atoms with Gasteiger partial charge in [0.2, 0.25) is 0 Å². The van der Waals surface area contributed by atoms with Crippen LogP contribution in [0.4, 0.5) is 0 Å². The second-order valence-corrected chi connectivity index (χ2v) is 6.82. The van der Waals surface area contributed by atoms with Crippen LogP contribution in [0.1, 0.15) is 25.7 Å². The van der Waals surface area contributed by atoms with E-state index in [2.05, 4.69) is 18.4 Å². The molecular weight excluding hydrogens is 276 g/mol. The largest absolute Gasteiger partial charge is 0.481 e. The number of fused-ring (bicyclic) bond motifs is 5. The van der Waals surface area contributed by atoms with Gasteiger partial charge in [-0.3, -0.25) is 4.79 Å². The SMILES string of the molecule is CSC[C@@H]1[C@H](C/C=C\CCCC(=O)O)[C@H]2O[C@@H]1[C@H]1O[C@H]12. The second-order valence-electron chi connectivity index (χ2n) is 5.91. The fourth-order valence-corrected chi connectivity index (χ4v) is 4.46. The molecule has 3 aliphatic heterocycles. The van der Waals surface area contributed by atoms with Crippen molar-refractivity contribution >= 4 is 17.7 Å². The molecular formula is C15H22O4S. The number of epoxide rings is 1. The summed E-state index contributed by atoms with van der Waals surface area (Å²) in [6.45, 7) is 0. The zero-order valence-electron chi connectivity index (χ0n) is 11.7. The Morgan fingerprint density at radius 1 is 1.15 bits per heavy atom. The van der Waals surface area contributed by atoms with Crippen LogP contribution in [0, 0.1) is 11.8 Å². The summed E-state index contributed by atoms with van der Waals surface area (Å²) < 4.78 is 11.8. The first kappa shape index (κ1) is 14.4. The third-order valence-corrected chi connectivity index (χ3v) is 5.33. The molecule has 0 aliphatic carbocycles. The van der Waals surface area contributed by atoms with Gasteiger partial charge in [-0.2, -0.15) is 11.8 Å². The Morgan fingerprint density at radius 3 is 2.55 bits per heavy atom. The maximum atomic E-state index is 10.4. The molecule has 0 saturated carbocycles. The van der Waals surface area contributed by atoms with Crippen LogP contribution in [0.25, 0.3) is 0 Å². The lowest BCUT2D eigenvalue weighted by molar-refractivity contribution is -0.137. The minimum Gasteiger partial charge on any atom is -0.481 e. The van der Waals surface area contributed by atoms with E-state index in [1.165, 1.54) is 0 Å². The van der Waals surface area contributed by atoms with Gasteiger partial charge >= 0.3 is 5.97 Å². The predicted octanol–water partition coefficient (Wildman–Crippen LogP) is 2.33. The number of carbonyl (C=O) groups is 1. The zero-order valence-corrected chi connectivity index (χ0v) is 12.6. The lowest BCUT2D eigenvalue weighted by Crippen LogP contribution is -2.34. The number of hydrogen-bond donors (Lipinski definition) is 1. The highest BCUT2D eigenvalue weighted by Crippen LogP contribution is 2.55. The molecule has 3 heterocycles. The van der Waals surface area contributed by atoms with Crippen molar-refractivity contribution in [2.45, 2.75) is 50.1 Å². The summed E-state index contributed by atoms with van der Waals surface area (Å²) in [6, 6.07) is 0. The monoisotopic (exact) mass is 298 g/mol. The van der Waals surface area contributed by atoms with Crippen LogP contribution >= 0.6 is 11.8 Å². The number of allylic oxidation sites excluding steroid dienone is 2. The maximum absolute atomic E-state index is 10.4. The minimum atomic E-state index is -0.711. The summed E-state index contributed by atoms with van der Waals surface area (Å²) in [5, 5.41) is 8.58. The number of carboxylic acids is 1. The Labute approximate surface area is 123 Å². The number of ether oxygens (including phenoxy) is 2. The van der Waals surface area contributed by atoms with Crippen molar-refractivity contribution in [1.29, 1.82) is 0 Å². The normalized spacial score (nSPS) is 41.2. The highest BCUT2D eigenvalue weighted by Gasteiger charge is 2.68. The summed E-state index contributed by atoms with van der Waals surface area (Å²) in [5.74, 6) is 1.62. The van der Waals surface area contributed by atoms with Gasteiger partial charge in [0, 0.05) is 12.3 Å². The van der Waals surface area contributed by atoms with Gasteiger partial charge in [-0.05, 0) is 37.2 Å². The Hall–Kier alpha value is -0.520. The van der Waals surface area contributed by atoms with Crippen molar-refractivity contribution in [3.63, 3.8) is 0 Å². The van der Waals surface area contributed by atoms with Crippen LogP contribution < -0.4 is 0 Å². The molecule has 0 amide bonds. The van der Waals surface area contributed by atoms with E-state index in [9.17, 15) is 4.79 Å². The van der Waals surface area contributed by atoms with E-state index < -0.39 is 5.97 Å². The van der Waals surface area contributed by atoms with Crippen molar-refractivity contribution in [2.24, 2.45) is 11.8 Å². The van der Waals surface area contributed by atoms with Crippen LogP contribution in [-0.4, -0.2) is 47.5 Å². The van der Waals surface area contributed by atoms with Gasteiger partial charge in [-0.15, -0.1) is 0 Å². The van der Waals surface area contributed by atoms with E-state index in [4.69, 9.17) is 14.6 Å². The van der Waals surface area contributed by atoms with Gasteiger partial charge in [-0.1, -0.05) is 12.2 Å². The van der Waals surface area contributed by atoms with Crippen molar-refractivity contribution in [3.05, 3.63) is 12.2 Å². The average molecular weight is 298 g/mol. The Balaban J connectivity index is 1.46. The molecule has 0 aromatic heterocycles. The van der Waals surface area contributed by atoms with Gasteiger partial charge in [-0.25, -0.2) is 0 Å². The summed E-state index contributed by atoms with van der Waals surface area (Å²) in [7, 11) is 0. The molecule has 4 nitrogen and oxygen atoms in total. The van der Waals surface area contributed by atoms with E-state index in [-0.39, 0.29) is 6.42 Å². The van der Waals surface area contributed by atoms with Gasteiger partial charge in [0.25, 0.3) is 0 Å². The quantitative estimate of drug-likeness (QED) is 0.423. The van der Waals surface area contributed by atoms with E-state index in [0.717, 1.165) is 25.0 Å². The number of aliphatic carboxylic acids is 1. The van der Waals surface area contributed by atoms with Gasteiger partial charge in [0.15, 0.2) is 0 Å². The number of unbranched alkanes of at least 4 members (excludes halogenated alkanes) is 1. The van der Waals surface area contributed by atoms with Crippen LogP contribution in [-0.2, 0) is 14.3 Å². The average Bonchev–Trinajstić information content (AvgIpc) is 3.04. The Bertz CT molecular complexity index is 397. The van der Waals surface area contributed by atoms with Crippen molar-refractivity contribution in [1.82, 2.24) is 0 Å². The van der Waals surface area contributed by atoms with Crippen LogP contribution in [0.3, 0.4) is 0 Å². The first-order chi connectivity index (χ1) is 9.72. The van der Waals surface area contributed by atoms with Gasteiger partial charge in [0.05, 0.1) is 12.2 Å². The molecule has 6 atom stereocenters. The third kappa shape index (κ3) is 2.76. The molecule has 5 heteroatoms. The van der Waals surface area contributed by atoms with Crippen molar-refractivity contribution in [3.8, 4) is 0 Å². The summed E-state index contributed by atoms with van der Waals surface area (Å²) >= 11 is 1.89. The van der Waals surface area contributed by atoms with E-state index in [1.54, 1.807) is 0 Å². The molecule has 3 fully saturated rings. The molecule has 0 unspecified atom stereocenters. The Morgan fingerprint density at radius 2 is 1.85 bits per heavy atom. The maximum Gasteiger partial charge on any atom is 0.303 e. The standard InChI is InChI=1S/C15H22O4S/c1-20-8-10-9(6-4-2-3-5-7-11(16)17)12-14-15(19-14)13(10)18-12/h2,4,9-10,12-15H,3,5-8H2,1H3,(H,16,17)/b4-2-/t9-,10+,12+,13-,14-,15+/m0/s1. The third-order valence-electron chi connectivity index (χ3n) is 4.61. The molecule has 0 spiro atoms. The van der Waals surface area contributed by atoms with Crippen LogP contribution in [0.15, 0.2) is 12.2 Å². The Kier molecular flexibility index (Phi) is 4.38.